The summed E-state index contributed by atoms with van der Waals surface area (Å²) in [5, 5.41) is 28.7. The molecule has 0 aliphatic carbocycles. The number of ether oxygens (including phenoxy) is 1. The molecule has 0 fully saturated rings. The molecule has 0 bridgehead atoms. The summed E-state index contributed by atoms with van der Waals surface area (Å²) in [5.41, 5.74) is 5.91. The van der Waals surface area contributed by atoms with Gasteiger partial charge in [0.05, 0.1) is 19.8 Å². The second kappa shape index (κ2) is 8.40. The lowest BCUT2D eigenvalue weighted by molar-refractivity contribution is -0.106. The van der Waals surface area contributed by atoms with E-state index < -0.39 is 38.6 Å². The highest BCUT2D eigenvalue weighted by Gasteiger charge is 2.43. The van der Waals surface area contributed by atoms with Crippen LogP contribution >= 0.6 is 7.60 Å². The molecule has 0 unspecified atom stereocenters. The molecule has 5 N–H and O–H groups in total. The fraction of sp³-hybridized carbons (Fsp3) is 0.846. The van der Waals surface area contributed by atoms with Crippen LogP contribution < -0.4 is 5.73 Å². The fourth-order valence-electron chi connectivity index (χ4n) is 2.19. The minimum absolute atomic E-state index is 0.0732. The highest BCUT2D eigenvalue weighted by Crippen LogP contribution is 2.58. The van der Waals surface area contributed by atoms with Crippen molar-refractivity contribution in [1.29, 1.82) is 0 Å². The summed E-state index contributed by atoms with van der Waals surface area (Å²) in [5.74, 6) is -0.364. The van der Waals surface area contributed by atoms with E-state index in [0.29, 0.717) is 0 Å². The normalized spacial score (nSPS) is 28.7. The highest BCUT2D eigenvalue weighted by molar-refractivity contribution is 7.58. The minimum Gasteiger partial charge on any atom is -0.479 e. The summed E-state index contributed by atoms with van der Waals surface area (Å²) in [7, 11) is -3.67. The van der Waals surface area contributed by atoms with Gasteiger partial charge in [-0.05, 0) is 19.9 Å². The molecule has 9 heteroatoms. The van der Waals surface area contributed by atoms with Gasteiger partial charge in [0.25, 0.3) is 0 Å². The van der Waals surface area contributed by atoms with Crippen LogP contribution in [0.25, 0.3) is 0 Å². The standard InChI is InChI=1S/C13H26NO7P/c1-4-19-22(18,20-5-2)11-6-9(14)8(3)13(21-11)12(17)10(16)7-15/h6,8-10,12-13,15-17H,4-5,7,14H2,1-3H3/t8-,9+,10-,12-,13-/m1/s1. The number of aliphatic hydroxyl groups excluding tert-OH is 3. The molecule has 22 heavy (non-hydrogen) atoms. The zero-order valence-electron chi connectivity index (χ0n) is 13.1. The third-order valence-electron chi connectivity index (χ3n) is 3.50. The fourth-order valence-corrected chi connectivity index (χ4v) is 3.80. The van der Waals surface area contributed by atoms with Crippen LogP contribution in [0.2, 0.25) is 0 Å². The van der Waals surface area contributed by atoms with Crippen LogP contribution in [0.3, 0.4) is 0 Å². The molecule has 1 rings (SSSR count). The second-order valence-corrected chi connectivity index (χ2v) is 7.05. The first-order chi connectivity index (χ1) is 10.3. The maximum Gasteiger partial charge on any atom is 0.395 e. The first kappa shape index (κ1) is 19.6. The lowest BCUT2D eigenvalue weighted by Crippen LogP contribution is -2.50. The topological polar surface area (TPSA) is 131 Å². The van der Waals surface area contributed by atoms with E-state index in [2.05, 4.69) is 0 Å². The summed E-state index contributed by atoms with van der Waals surface area (Å²) < 4.78 is 28.7. The van der Waals surface area contributed by atoms with Crippen molar-refractivity contribution in [3.63, 3.8) is 0 Å². The monoisotopic (exact) mass is 339 g/mol. The largest absolute Gasteiger partial charge is 0.479 e. The molecule has 0 aromatic heterocycles. The van der Waals surface area contributed by atoms with Gasteiger partial charge in [-0.2, -0.15) is 0 Å². The van der Waals surface area contributed by atoms with E-state index in [1.807, 2.05) is 0 Å². The summed E-state index contributed by atoms with van der Waals surface area (Å²) in [6, 6.07) is -0.566. The molecule has 130 valence electrons. The van der Waals surface area contributed by atoms with E-state index in [-0.39, 0.29) is 24.6 Å². The number of rotatable bonds is 8. The van der Waals surface area contributed by atoms with Crippen LogP contribution in [0.4, 0.5) is 0 Å². The molecule has 0 saturated carbocycles. The maximum absolute atomic E-state index is 12.7. The van der Waals surface area contributed by atoms with E-state index in [4.69, 9.17) is 24.6 Å². The summed E-state index contributed by atoms with van der Waals surface area (Å²) in [6.45, 7) is 4.72. The van der Waals surface area contributed by atoms with Crippen molar-refractivity contribution < 1.29 is 33.7 Å². The molecule has 8 nitrogen and oxygen atoms in total. The maximum atomic E-state index is 12.7. The molecule has 5 atom stereocenters. The average Bonchev–Trinajstić information content (AvgIpc) is 2.48. The molecule has 1 aliphatic heterocycles. The average molecular weight is 339 g/mol. The van der Waals surface area contributed by atoms with E-state index >= 15 is 0 Å². The van der Waals surface area contributed by atoms with Crippen LogP contribution in [0, 0.1) is 5.92 Å². The molecule has 0 amide bonds. The Morgan fingerprint density at radius 3 is 2.36 bits per heavy atom. The molecule has 0 saturated heterocycles. The number of nitrogens with two attached hydrogens (primary N) is 1. The summed E-state index contributed by atoms with van der Waals surface area (Å²) in [6.07, 6.45) is -2.26. The molecule has 0 aromatic carbocycles. The molecule has 0 aromatic rings. The van der Waals surface area contributed by atoms with Gasteiger partial charge >= 0.3 is 7.60 Å². The number of aliphatic hydroxyl groups is 3. The van der Waals surface area contributed by atoms with Crippen molar-refractivity contribution in [1.82, 2.24) is 0 Å². The SMILES string of the molecule is CCOP(=O)(OCC)C1=C[C@H](N)[C@@H](C)[C@H]([C@H](O)[C@H](O)CO)O1. The van der Waals surface area contributed by atoms with E-state index in [9.17, 15) is 14.8 Å². The Bertz CT molecular complexity index is 421. The smallest absolute Gasteiger partial charge is 0.395 e. The predicted molar refractivity (Wildman–Crippen MR) is 80.1 cm³/mol. The van der Waals surface area contributed by atoms with Crippen LogP contribution in [0.15, 0.2) is 11.6 Å². The zero-order valence-corrected chi connectivity index (χ0v) is 14.0. The van der Waals surface area contributed by atoms with Gasteiger partial charge in [-0.3, -0.25) is 4.57 Å². The van der Waals surface area contributed by atoms with Gasteiger partial charge < -0.3 is 34.8 Å². The highest BCUT2D eigenvalue weighted by atomic mass is 31.2. The summed E-state index contributed by atoms with van der Waals surface area (Å²) in [4.78, 5) is 0. The summed E-state index contributed by atoms with van der Waals surface area (Å²) >= 11 is 0. The second-order valence-electron chi connectivity index (χ2n) is 5.10. The van der Waals surface area contributed by atoms with Crippen molar-refractivity contribution in [2.45, 2.75) is 45.1 Å². The quantitative estimate of drug-likeness (QED) is 0.460. The third-order valence-corrected chi connectivity index (χ3v) is 5.49. The van der Waals surface area contributed by atoms with Gasteiger partial charge in [0.2, 0.25) is 5.50 Å². The van der Waals surface area contributed by atoms with Crippen molar-refractivity contribution >= 4 is 7.60 Å². The van der Waals surface area contributed by atoms with Crippen LogP contribution in [-0.4, -0.2) is 59.5 Å². The van der Waals surface area contributed by atoms with Crippen LogP contribution in [0.1, 0.15) is 20.8 Å². The van der Waals surface area contributed by atoms with Gasteiger partial charge in [0.1, 0.15) is 18.3 Å². The van der Waals surface area contributed by atoms with E-state index in [0.717, 1.165) is 0 Å². The van der Waals surface area contributed by atoms with Crippen molar-refractivity contribution in [2.75, 3.05) is 19.8 Å². The molecular formula is C13H26NO7P. The molecule has 0 spiro atoms. The van der Waals surface area contributed by atoms with Gasteiger partial charge in [-0.15, -0.1) is 0 Å². The molecule has 0 radical (unpaired) electrons. The number of hydrogen-bond donors (Lipinski definition) is 4. The van der Waals surface area contributed by atoms with Crippen LogP contribution in [0.5, 0.6) is 0 Å². The Labute approximate surface area is 130 Å². The Hall–Kier alpha value is -0.470. The van der Waals surface area contributed by atoms with Gasteiger partial charge in [0, 0.05) is 12.0 Å². The van der Waals surface area contributed by atoms with Crippen molar-refractivity contribution in [3.8, 4) is 0 Å². The van der Waals surface area contributed by atoms with Crippen molar-refractivity contribution in [2.24, 2.45) is 11.7 Å². The van der Waals surface area contributed by atoms with Crippen LogP contribution in [-0.2, 0) is 18.3 Å². The number of hydrogen-bond acceptors (Lipinski definition) is 8. The first-order valence-electron chi connectivity index (χ1n) is 7.31. The Morgan fingerprint density at radius 1 is 1.36 bits per heavy atom. The van der Waals surface area contributed by atoms with E-state index in [1.165, 1.54) is 6.08 Å². The lowest BCUT2D eigenvalue weighted by atomic mass is 9.89. The Balaban J connectivity index is 3.06. The molecule has 1 aliphatic rings. The third kappa shape index (κ3) is 4.29. The lowest BCUT2D eigenvalue weighted by Gasteiger charge is -2.38. The van der Waals surface area contributed by atoms with Gasteiger partial charge in [-0.25, -0.2) is 0 Å². The first-order valence-corrected chi connectivity index (χ1v) is 8.85. The Kier molecular flexibility index (Phi) is 7.48. The van der Waals surface area contributed by atoms with Crippen molar-refractivity contribution in [3.05, 3.63) is 11.6 Å². The zero-order chi connectivity index (χ0) is 16.9. The predicted octanol–water partition coefficient (Wildman–Crippen LogP) is 0.170. The van der Waals surface area contributed by atoms with Gasteiger partial charge in [-0.1, -0.05) is 6.92 Å². The molecular weight excluding hydrogens is 313 g/mol. The molecule has 1 heterocycles. The Morgan fingerprint density at radius 2 is 1.91 bits per heavy atom. The van der Waals surface area contributed by atoms with E-state index in [1.54, 1.807) is 20.8 Å². The minimum atomic E-state index is -3.67. The van der Waals surface area contributed by atoms with Gasteiger partial charge in [0.15, 0.2) is 0 Å².